The van der Waals surface area contributed by atoms with E-state index in [0.29, 0.717) is 45.0 Å². The maximum atomic E-state index is 13.2. The first-order chi connectivity index (χ1) is 22.7. The molecule has 4 aromatic rings. The Morgan fingerprint density at radius 2 is 1.02 bits per heavy atom. The van der Waals surface area contributed by atoms with Crippen molar-refractivity contribution < 1.29 is 29.2 Å². The first kappa shape index (κ1) is 34.6. The number of halogens is 1. The van der Waals surface area contributed by atoms with Crippen molar-refractivity contribution in [1.82, 2.24) is 25.3 Å². The number of aromatic nitrogens is 4. The summed E-state index contributed by atoms with van der Waals surface area (Å²) in [6.07, 6.45) is 6.02. The van der Waals surface area contributed by atoms with Crippen molar-refractivity contribution >= 4 is 69.7 Å². The van der Waals surface area contributed by atoms with E-state index in [0.717, 1.165) is 0 Å². The molecule has 5 amide bonds. The van der Waals surface area contributed by atoms with Crippen molar-refractivity contribution in [2.24, 2.45) is 10.9 Å². The molecule has 4 aromatic heterocycles. The molecule has 48 heavy (non-hydrogen) atoms. The number of anilines is 4. The fourth-order valence-electron chi connectivity index (χ4n) is 4.63. The minimum Gasteiger partial charge on any atom is -0.409 e. The summed E-state index contributed by atoms with van der Waals surface area (Å²) < 4.78 is 0. The highest BCUT2D eigenvalue weighted by molar-refractivity contribution is 6.43. The number of amidine groups is 1. The van der Waals surface area contributed by atoms with Gasteiger partial charge in [-0.2, -0.15) is 0 Å². The largest absolute Gasteiger partial charge is 0.409 e. The van der Waals surface area contributed by atoms with Gasteiger partial charge in [-0.15, -0.1) is 0 Å². The van der Waals surface area contributed by atoms with Crippen molar-refractivity contribution in [3.05, 3.63) is 81.4 Å². The summed E-state index contributed by atoms with van der Waals surface area (Å²) in [4.78, 5) is 75.0. The molecule has 0 spiro atoms. The van der Waals surface area contributed by atoms with Gasteiger partial charge in [0.2, 0.25) is 0 Å². The zero-order chi connectivity index (χ0) is 35.3. The number of carbonyl (C=O) groups excluding carboxylic acids is 5. The molecule has 0 atom stereocenters. The van der Waals surface area contributed by atoms with Gasteiger partial charge in [0.05, 0.1) is 27.8 Å². The lowest BCUT2D eigenvalue weighted by atomic mass is 10.2. The summed E-state index contributed by atoms with van der Waals surface area (Å²) in [6.45, 7) is 10.1. The van der Waals surface area contributed by atoms with Gasteiger partial charge in [-0.1, -0.05) is 23.3 Å². The van der Waals surface area contributed by atoms with Gasteiger partial charge in [-0.25, -0.2) is 0 Å². The number of amides is 5. The van der Waals surface area contributed by atoms with Crippen molar-refractivity contribution in [1.29, 1.82) is 0 Å². The van der Waals surface area contributed by atoms with Crippen LogP contribution in [-0.2, 0) is 4.79 Å². The fraction of sp³-hybridized carbons (Fsp3) is 0.200. The second-order valence-corrected chi connectivity index (χ2v) is 11.1. The quantitative estimate of drug-likeness (QED) is 0.0348. The molecular formula is C30H34ClN11O6. The van der Waals surface area contributed by atoms with Gasteiger partial charge in [-0.3, -0.25) is 24.0 Å². The van der Waals surface area contributed by atoms with Gasteiger partial charge >= 0.3 is 0 Å². The van der Waals surface area contributed by atoms with Gasteiger partial charge in [0.1, 0.15) is 28.6 Å². The number of rotatable bonds is 12. The number of oxime groups is 1. The average Bonchev–Trinajstić information content (AvgIpc) is 3.80. The number of nitrogens with one attached hydrogen (secondary N) is 9. The third-order valence-electron chi connectivity index (χ3n) is 7.50. The molecular weight excluding hydrogens is 646 g/mol. The molecule has 0 radical (unpaired) electrons. The van der Waals surface area contributed by atoms with Crippen LogP contribution in [0.15, 0.2) is 41.6 Å². The topological polar surface area (TPSA) is 267 Å². The van der Waals surface area contributed by atoms with Gasteiger partial charge < -0.3 is 57.5 Å². The van der Waals surface area contributed by atoms with Crippen LogP contribution in [0, 0.1) is 27.7 Å². The SMILES string of the molecule is C=C(Cl)C(=O)Nc1c[nH]c(C(=O)Nc2c[nH]c(C(=O)Nc3c[nH]c(C(=O)Nc4c[nH]c(C(=O)NCCC(N)=NO)c4C)c3C)c2C)c1C. The molecule has 0 bridgehead atoms. The van der Waals surface area contributed by atoms with Crippen LogP contribution < -0.4 is 32.3 Å². The normalized spacial score (nSPS) is 11.1. The molecule has 0 aliphatic heterocycles. The van der Waals surface area contributed by atoms with Crippen LogP contribution in [0.2, 0.25) is 0 Å². The predicted molar refractivity (Wildman–Crippen MR) is 180 cm³/mol. The van der Waals surface area contributed by atoms with Crippen molar-refractivity contribution in [3.63, 3.8) is 0 Å². The van der Waals surface area contributed by atoms with Crippen LogP contribution in [0.5, 0.6) is 0 Å². The second-order valence-electron chi connectivity index (χ2n) is 10.6. The molecule has 0 aromatic carbocycles. The Kier molecular flexibility index (Phi) is 10.4. The maximum Gasteiger partial charge on any atom is 0.272 e. The Hall–Kier alpha value is -6.23. The highest BCUT2D eigenvalue weighted by Gasteiger charge is 2.23. The lowest BCUT2D eigenvalue weighted by molar-refractivity contribution is -0.112. The third-order valence-corrected chi connectivity index (χ3v) is 7.67. The van der Waals surface area contributed by atoms with Gasteiger partial charge in [0, 0.05) is 60.0 Å². The highest BCUT2D eigenvalue weighted by Crippen LogP contribution is 2.26. The zero-order valence-corrected chi connectivity index (χ0v) is 27.1. The van der Waals surface area contributed by atoms with E-state index in [1.165, 1.54) is 24.8 Å². The Morgan fingerprint density at radius 3 is 1.35 bits per heavy atom. The lowest BCUT2D eigenvalue weighted by Crippen LogP contribution is -2.28. The Morgan fingerprint density at radius 1 is 0.688 bits per heavy atom. The minimum absolute atomic E-state index is 0.0250. The van der Waals surface area contributed by atoms with E-state index in [-0.39, 0.29) is 46.6 Å². The molecule has 0 fully saturated rings. The molecule has 17 nitrogen and oxygen atoms in total. The van der Waals surface area contributed by atoms with E-state index >= 15 is 0 Å². The molecule has 4 rings (SSSR count). The molecule has 4 heterocycles. The number of nitrogens with zero attached hydrogens (tertiary/aromatic N) is 1. The van der Waals surface area contributed by atoms with Crippen molar-refractivity contribution in [2.75, 3.05) is 27.8 Å². The Balaban J connectivity index is 1.39. The maximum absolute atomic E-state index is 13.2. The average molecular weight is 680 g/mol. The molecule has 0 aliphatic carbocycles. The predicted octanol–water partition coefficient (Wildman–Crippen LogP) is 3.55. The van der Waals surface area contributed by atoms with Gasteiger partial charge in [-0.05, 0) is 27.7 Å². The monoisotopic (exact) mass is 679 g/mol. The third kappa shape index (κ3) is 7.42. The van der Waals surface area contributed by atoms with Crippen LogP contribution in [-0.4, -0.2) is 67.1 Å². The molecule has 0 saturated carbocycles. The number of H-pyrrole nitrogens is 4. The standard InChI is InChI=1S/C30H34ClN11O6/c1-12-18(9-34-22(12)27(44)33-7-6-21(32)42-48)39-29(46)24-14(3)20(11-36-24)41-30(47)25-15(4)19(10-37-25)40-28(45)23-13(2)17(8-35-23)38-26(43)16(5)31/h8-11,34-37,48H,5-7H2,1-4H3,(H2,32,42)(H,33,44)(H,38,43)(H,39,46)(H,40,45)(H,41,47). The first-order valence-electron chi connectivity index (χ1n) is 14.3. The lowest BCUT2D eigenvalue weighted by Gasteiger charge is -2.08. The second kappa shape index (κ2) is 14.5. The van der Waals surface area contributed by atoms with E-state index in [1.54, 1.807) is 27.7 Å². The zero-order valence-electron chi connectivity index (χ0n) is 26.3. The minimum atomic E-state index is -0.602. The number of carbonyl (C=O) groups is 5. The summed E-state index contributed by atoms with van der Waals surface area (Å²) in [5.74, 6) is -2.60. The smallest absolute Gasteiger partial charge is 0.272 e. The summed E-state index contributed by atoms with van der Waals surface area (Å²) in [5, 5.41) is 24.7. The summed E-state index contributed by atoms with van der Waals surface area (Å²) >= 11 is 5.62. The van der Waals surface area contributed by atoms with Gasteiger partial charge in [0.15, 0.2) is 0 Å². The van der Waals surface area contributed by atoms with E-state index < -0.39 is 29.5 Å². The molecule has 18 heteroatoms. The first-order valence-corrected chi connectivity index (χ1v) is 14.7. The number of nitrogens with two attached hydrogens (primary N) is 1. The van der Waals surface area contributed by atoms with Crippen LogP contribution >= 0.6 is 11.6 Å². The number of hydrogen-bond donors (Lipinski definition) is 11. The number of hydrogen-bond acceptors (Lipinski definition) is 7. The van der Waals surface area contributed by atoms with Crippen LogP contribution in [0.4, 0.5) is 22.7 Å². The van der Waals surface area contributed by atoms with Gasteiger partial charge in [0.25, 0.3) is 29.5 Å². The van der Waals surface area contributed by atoms with E-state index in [9.17, 15) is 24.0 Å². The Labute approximate surface area is 278 Å². The van der Waals surface area contributed by atoms with E-state index in [1.807, 2.05) is 0 Å². The van der Waals surface area contributed by atoms with Crippen molar-refractivity contribution in [2.45, 2.75) is 34.1 Å². The fourth-order valence-corrected chi connectivity index (χ4v) is 4.68. The summed E-state index contributed by atoms with van der Waals surface area (Å²) in [6, 6.07) is 0. The number of aromatic amines is 4. The molecule has 252 valence electrons. The molecule has 0 aliphatic rings. The van der Waals surface area contributed by atoms with Crippen molar-refractivity contribution in [3.8, 4) is 0 Å². The van der Waals surface area contributed by atoms with E-state index in [4.69, 9.17) is 22.5 Å². The molecule has 0 unspecified atom stereocenters. The molecule has 0 saturated heterocycles. The molecule has 12 N–H and O–H groups in total. The highest BCUT2D eigenvalue weighted by atomic mass is 35.5. The van der Waals surface area contributed by atoms with Crippen LogP contribution in [0.1, 0.15) is 70.6 Å². The van der Waals surface area contributed by atoms with Crippen LogP contribution in [0.25, 0.3) is 0 Å². The van der Waals surface area contributed by atoms with E-state index in [2.05, 4.69) is 58.3 Å². The van der Waals surface area contributed by atoms with Crippen LogP contribution in [0.3, 0.4) is 0 Å². The summed E-state index contributed by atoms with van der Waals surface area (Å²) in [5.41, 5.74) is 9.48. The summed E-state index contributed by atoms with van der Waals surface area (Å²) in [7, 11) is 0. The Bertz CT molecular complexity index is 1960.